The molecule has 9 heteroatoms. The van der Waals surface area contributed by atoms with Crippen molar-refractivity contribution >= 4 is 17.1 Å². The maximum Gasteiger partial charge on any atom is 0.364 e. The third kappa shape index (κ3) is 5.48. The highest BCUT2D eigenvalue weighted by atomic mass is 16.5. The summed E-state index contributed by atoms with van der Waals surface area (Å²) in [6.45, 7) is 2.61. The van der Waals surface area contributed by atoms with Crippen molar-refractivity contribution in [1.82, 2.24) is 19.1 Å². The molecule has 214 valence electrons. The Morgan fingerprint density at radius 3 is 2.16 bits per heavy atom. The van der Waals surface area contributed by atoms with E-state index in [1.807, 2.05) is 79.7 Å². The molecular weight excluding hydrogens is 544 g/mol. The molecule has 0 spiro atoms. The lowest BCUT2D eigenvalue weighted by atomic mass is 10.2. The van der Waals surface area contributed by atoms with Crippen LogP contribution in [0.4, 0.5) is 0 Å². The fourth-order valence-electron chi connectivity index (χ4n) is 4.88. The molecule has 0 amide bonds. The summed E-state index contributed by atoms with van der Waals surface area (Å²) >= 11 is 0. The highest BCUT2D eigenvalue weighted by Gasteiger charge is 2.27. The Morgan fingerprint density at radius 2 is 1.47 bits per heavy atom. The molecule has 6 aromatic rings. The van der Waals surface area contributed by atoms with Crippen LogP contribution in [0.3, 0.4) is 0 Å². The monoisotopic (exact) mass is 572 g/mol. The van der Waals surface area contributed by atoms with E-state index in [-0.39, 0.29) is 29.2 Å². The second-order valence-corrected chi connectivity index (χ2v) is 9.59. The standard InChI is InChI=1S/C34H28N4O5/c1-3-42-25-20-18-24(19-21-25)31-35-29(33(39)43-26-14-8-5-9-15-26)30-32(36-31)38(27-16-10-11-17-28(27)41-2)34(40)37(30)22-23-12-6-4-7-13-23/h4-21H,3,22H2,1-2H3. The van der Waals surface area contributed by atoms with Crippen molar-refractivity contribution in [2.45, 2.75) is 13.5 Å². The van der Waals surface area contributed by atoms with Gasteiger partial charge in [-0.3, -0.25) is 4.57 Å². The third-order valence-corrected chi connectivity index (χ3v) is 6.85. The first kappa shape index (κ1) is 27.5. The minimum absolute atomic E-state index is 0.0422. The first-order valence-electron chi connectivity index (χ1n) is 13.8. The van der Waals surface area contributed by atoms with E-state index in [9.17, 15) is 9.59 Å². The van der Waals surface area contributed by atoms with Gasteiger partial charge in [0.2, 0.25) is 0 Å². The lowest BCUT2D eigenvalue weighted by molar-refractivity contribution is 0.0730. The second-order valence-electron chi connectivity index (χ2n) is 9.59. The van der Waals surface area contributed by atoms with Crippen molar-refractivity contribution in [3.8, 4) is 34.3 Å². The molecule has 0 fully saturated rings. The fourth-order valence-corrected chi connectivity index (χ4v) is 4.88. The fraction of sp³-hybridized carbons (Fsp3) is 0.118. The van der Waals surface area contributed by atoms with Crippen LogP contribution < -0.4 is 19.9 Å². The van der Waals surface area contributed by atoms with E-state index < -0.39 is 11.7 Å². The van der Waals surface area contributed by atoms with Gasteiger partial charge in [0, 0.05) is 5.56 Å². The molecule has 6 rings (SSSR count). The Labute approximate surface area is 247 Å². The predicted molar refractivity (Wildman–Crippen MR) is 163 cm³/mol. The second kappa shape index (κ2) is 12.0. The van der Waals surface area contributed by atoms with Gasteiger partial charge in [-0.25, -0.2) is 24.1 Å². The average molecular weight is 573 g/mol. The summed E-state index contributed by atoms with van der Waals surface area (Å²) in [7, 11) is 1.54. The Kier molecular flexibility index (Phi) is 7.69. The van der Waals surface area contributed by atoms with Crippen LogP contribution in [0.5, 0.6) is 17.2 Å². The van der Waals surface area contributed by atoms with E-state index in [2.05, 4.69) is 0 Å². The van der Waals surface area contributed by atoms with Crippen molar-refractivity contribution < 1.29 is 19.0 Å². The smallest absolute Gasteiger partial charge is 0.364 e. The molecule has 0 atom stereocenters. The van der Waals surface area contributed by atoms with Crippen molar-refractivity contribution in [2.24, 2.45) is 0 Å². The number of carbonyl (C=O) groups excluding carboxylic acids is 1. The quantitative estimate of drug-likeness (QED) is 0.157. The number of hydrogen-bond acceptors (Lipinski definition) is 7. The van der Waals surface area contributed by atoms with Gasteiger partial charge >= 0.3 is 11.7 Å². The van der Waals surface area contributed by atoms with Gasteiger partial charge in [0.15, 0.2) is 17.2 Å². The Hall–Kier alpha value is -5.70. The minimum atomic E-state index is -0.718. The number of methoxy groups -OCH3 is 1. The molecule has 0 bridgehead atoms. The molecule has 0 radical (unpaired) electrons. The summed E-state index contributed by atoms with van der Waals surface area (Å²) < 4.78 is 19.9. The molecule has 0 unspecified atom stereocenters. The van der Waals surface area contributed by atoms with Gasteiger partial charge in [-0.1, -0.05) is 60.7 Å². The van der Waals surface area contributed by atoms with Crippen molar-refractivity contribution in [3.63, 3.8) is 0 Å². The van der Waals surface area contributed by atoms with E-state index in [1.54, 1.807) is 36.4 Å². The maximum absolute atomic E-state index is 14.3. The zero-order valence-corrected chi connectivity index (χ0v) is 23.6. The first-order chi connectivity index (χ1) is 21.1. The van der Waals surface area contributed by atoms with Gasteiger partial charge in [0.1, 0.15) is 22.8 Å². The number of rotatable bonds is 9. The summed E-state index contributed by atoms with van der Waals surface area (Å²) in [5, 5.41) is 0. The molecule has 4 aromatic carbocycles. The van der Waals surface area contributed by atoms with Gasteiger partial charge in [0.25, 0.3) is 0 Å². The Balaban J connectivity index is 1.65. The lowest BCUT2D eigenvalue weighted by Crippen LogP contribution is -2.24. The van der Waals surface area contributed by atoms with Gasteiger partial charge in [0.05, 0.1) is 25.9 Å². The average Bonchev–Trinajstić information content (AvgIpc) is 3.32. The zero-order valence-electron chi connectivity index (χ0n) is 23.6. The molecule has 2 aromatic heterocycles. The largest absolute Gasteiger partial charge is 0.495 e. The molecule has 0 saturated carbocycles. The molecule has 0 saturated heterocycles. The predicted octanol–water partition coefficient (Wildman–Crippen LogP) is 5.92. The molecule has 0 aliphatic rings. The number of benzene rings is 4. The van der Waals surface area contributed by atoms with Crippen LogP contribution in [-0.2, 0) is 6.54 Å². The topological polar surface area (TPSA) is 97.5 Å². The first-order valence-corrected chi connectivity index (χ1v) is 13.8. The van der Waals surface area contributed by atoms with E-state index in [0.29, 0.717) is 35.1 Å². The van der Waals surface area contributed by atoms with Crippen LogP contribution in [0.25, 0.3) is 28.2 Å². The van der Waals surface area contributed by atoms with E-state index in [1.165, 1.54) is 16.2 Å². The van der Waals surface area contributed by atoms with Gasteiger partial charge < -0.3 is 14.2 Å². The number of aromatic nitrogens is 4. The zero-order chi connectivity index (χ0) is 29.8. The highest BCUT2D eigenvalue weighted by Crippen LogP contribution is 2.29. The van der Waals surface area contributed by atoms with E-state index in [0.717, 1.165) is 5.56 Å². The SMILES string of the molecule is CCOc1ccc(-c2nc(C(=O)Oc3ccccc3)c3c(n2)n(-c2ccccc2OC)c(=O)n3Cc2ccccc2)cc1. The minimum Gasteiger partial charge on any atom is -0.495 e. The van der Waals surface area contributed by atoms with Gasteiger partial charge in [-0.05, 0) is 61.0 Å². The van der Waals surface area contributed by atoms with Crippen LogP contribution in [0, 0.1) is 0 Å². The molecular formula is C34H28N4O5. The Morgan fingerprint density at radius 1 is 0.791 bits per heavy atom. The number of hydrogen-bond donors (Lipinski definition) is 0. The van der Waals surface area contributed by atoms with Crippen LogP contribution in [0.1, 0.15) is 23.0 Å². The third-order valence-electron chi connectivity index (χ3n) is 6.85. The van der Waals surface area contributed by atoms with E-state index >= 15 is 0 Å². The van der Waals surface area contributed by atoms with Gasteiger partial charge in [-0.15, -0.1) is 0 Å². The summed E-state index contributed by atoms with van der Waals surface area (Å²) in [6.07, 6.45) is 0. The van der Waals surface area contributed by atoms with Crippen molar-refractivity contribution in [2.75, 3.05) is 13.7 Å². The van der Waals surface area contributed by atoms with Gasteiger partial charge in [-0.2, -0.15) is 0 Å². The van der Waals surface area contributed by atoms with Crippen LogP contribution in [0.2, 0.25) is 0 Å². The summed E-state index contributed by atoms with van der Waals surface area (Å²) in [5.74, 6) is 1.04. The number of ether oxygens (including phenoxy) is 3. The maximum atomic E-state index is 14.3. The summed E-state index contributed by atoms with van der Waals surface area (Å²) in [5.41, 5.74) is 2.01. The molecule has 43 heavy (non-hydrogen) atoms. The number of imidazole rings is 1. The van der Waals surface area contributed by atoms with Crippen molar-refractivity contribution in [1.29, 1.82) is 0 Å². The number of fused-ring (bicyclic) bond motifs is 1. The number of carbonyl (C=O) groups is 1. The van der Waals surface area contributed by atoms with Crippen LogP contribution >= 0.6 is 0 Å². The van der Waals surface area contributed by atoms with E-state index in [4.69, 9.17) is 24.2 Å². The number of esters is 1. The molecule has 0 N–H and O–H groups in total. The van der Waals surface area contributed by atoms with Crippen LogP contribution in [-0.4, -0.2) is 38.8 Å². The Bertz CT molecular complexity index is 1950. The number of nitrogens with zero attached hydrogens (tertiary/aromatic N) is 4. The summed E-state index contributed by atoms with van der Waals surface area (Å²) in [4.78, 5) is 37.7. The number of para-hydroxylation sites is 3. The highest BCUT2D eigenvalue weighted by molar-refractivity contribution is 6.01. The van der Waals surface area contributed by atoms with Crippen molar-refractivity contribution in [3.05, 3.63) is 131 Å². The normalized spacial score (nSPS) is 10.9. The lowest BCUT2D eigenvalue weighted by Gasteiger charge is -2.11. The molecule has 0 aliphatic carbocycles. The molecule has 2 heterocycles. The molecule has 0 aliphatic heterocycles. The molecule has 9 nitrogen and oxygen atoms in total. The summed E-state index contributed by atoms with van der Waals surface area (Å²) in [6, 6.07) is 32.6. The van der Waals surface area contributed by atoms with Crippen LogP contribution in [0.15, 0.2) is 114 Å².